The first-order chi connectivity index (χ1) is 61.5. The number of ketones is 6. The van der Waals surface area contributed by atoms with Gasteiger partial charge in [-0.2, -0.15) is 0 Å². The Kier molecular flexibility index (Phi) is 63.3. The summed E-state index contributed by atoms with van der Waals surface area (Å²) in [5, 5.41) is 0. The lowest BCUT2D eigenvalue weighted by atomic mass is 9.82. The Hall–Kier alpha value is -12.4. The van der Waals surface area contributed by atoms with Crippen molar-refractivity contribution in [3.8, 4) is 0 Å². The summed E-state index contributed by atoms with van der Waals surface area (Å²) >= 11 is 0. The minimum atomic E-state index is -0.981. The van der Waals surface area contributed by atoms with Crippen LogP contribution in [0.1, 0.15) is 213 Å². The van der Waals surface area contributed by atoms with Crippen LogP contribution in [0.15, 0.2) is 98.1 Å². The zero-order chi connectivity index (χ0) is 99.9. The van der Waals surface area contributed by atoms with E-state index in [0.717, 1.165) is 0 Å². The highest BCUT2D eigenvalue weighted by molar-refractivity contribution is 5.92. The van der Waals surface area contributed by atoms with Crippen LogP contribution in [-0.4, -0.2) is 256 Å². The maximum Gasteiger partial charge on any atom is 0.339 e. The van der Waals surface area contributed by atoms with Gasteiger partial charge in [0.15, 0.2) is 5.78 Å². The number of carbonyl (C=O) groups is 19. The molecule has 0 N–H and O–H groups in total. The normalized spacial score (nSPS) is 11.1. The number of ether oxygens (including phenoxy) is 14. The summed E-state index contributed by atoms with van der Waals surface area (Å²) < 4.78 is 70.1. The minimum Gasteiger partial charge on any atom is -0.465 e. The number of Topliss-reactive ketones (excluding diaryl/α,β-unsaturated/α-hetero) is 6. The first-order valence-corrected chi connectivity index (χ1v) is 42.4. The Morgan fingerprint density at radius 2 is 0.573 bits per heavy atom. The number of amides is 1. The molecule has 131 heavy (non-hydrogen) atoms. The van der Waals surface area contributed by atoms with Crippen LogP contribution >= 0.6 is 0 Å². The third-order valence-corrected chi connectivity index (χ3v) is 17.7. The van der Waals surface area contributed by atoms with E-state index in [1.165, 1.54) is 92.2 Å². The molecular weight excluding hydrogens is 1720 g/mol. The Morgan fingerprint density at radius 1 is 0.321 bits per heavy atom. The lowest BCUT2D eigenvalue weighted by Gasteiger charge is -2.30. The number of hydrogen-bond acceptors (Lipinski definition) is 37. The van der Waals surface area contributed by atoms with Gasteiger partial charge in [-0.1, -0.05) is 83.1 Å². The molecule has 0 aliphatic rings. The summed E-state index contributed by atoms with van der Waals surface area (Å²) in [5.41, 5.74) is 0.308. The SMILES string of the molecule is CC(=O)OCC(C)(COC(C)=O)C(=O)C(C)C.CC(=O)OCC(COC(=O)c1cccnc1)CC(=O)C(C)C.CC(=O)OCC(COC(C)=O)CC(=O)C(C)C.CC(=O)OCC(COC(C)=O)N(CC(=O)C(C)C)C(C)=O.CC(C)C(=O)CC(COC(=O)c1cccnc1)COC(=O)c1cccnc1.COCCOCC(=O)OCC(COC(=O)c1cccnc1)CC(=O)C(C)C. The van der Waals surface area contributed by atoms with E-state index >= 15 is 0 Å². The molecule has 0 aliphatic heterocycles. The number of methoxy groups -OCH3 is 1. The predicted molar refractivity (Wildman–Crippen MR) is 469 cm³/mol. The molecule has 728 valence electrons. The van der Waals surface area contributed by atoms with Crippen molar-refractivity contribution < 1.29 is 157 Å². The Morgan fingerprint density at radius 3 is 0.794 bits per heavy atom. The standard InChI is InChI=1S/C20H22N2O5.C19H27NO7.C16H21NO5.C14H23NO6.2C12H20O5/c1-14(2)18(23)9-15(12-26-19(24)16-5-3-7-21-10-16)13-27-20(25)17-6-4-8-22-11-17;1-14(2)17(21)9-15(11-26-18(22)13-25-8-7-24-3)12-27-19(23)16-5-4-6-20-10-16;1-11(2)15(19)7-13(9-21-12(3)18)10-22-16(20)14-5-4-6-17-8-14;1-9(2)14(19)6-15(10(3)16)13(7-20-11(4)17)8-21-12(5)18;1-8(2)11(15)12(5,6-16-9(3)13)7-17-10(4)14;1-8(2)12(15)5-11(6-16-9(3)13)7-17-10(4)14/h3-8,10-11,14-15H,9,12-13H2,1-2H3;4-6,10,14-15H,7-9,11-13H2,1-3H3;4-6,8,11,13H,7,9-10H2,1-3H3;9,13H,6-8H2,1-5H3;8H,6-7H2,1-5H3;8,11H,5-7H2,1-4H3. The zero-order valence-electron chi connectivity index (χ0n) is 79.4. The predicted octanol–water partition coefficient (Wildman–Crippen LogP) is 9.67. The molecule has 4 aromatic heterocycles. The fourth-order valence-corrected chi connectivity index (χ4v) is 9.95. The zero-order valence-corrected chi connectivity index (χ0v) is 79.4. The van der Waals surface area contributed by atoms with Gasteiger partial charge >= 0.3 is 71.6 Å². The van der Waals surface area contributed by atoms with E-state index in [1.807, 2.05) is 0 Å². The molecule has 2 atom stereocenters. The highest BCUT2D eigenvalue weighted by Gasteiger charge is 2.38. The summed E-state index contributed by atoms with van der Waals surface area (Å²) in [5.74, 6) is -8.76. The Bertz CT molecular complexity index is 4090. The van der Waals surface area contributed by atoms with Crippen molar-refractivity contribution >= 4 is 112 Å². The first-order valence-electron chi connectivity index (χ1n) is 42.4. The number of hydrogen-bond donors (Lipinski definition) is 0. The van der Waals surface area contributed by atoms with Crippen LogP contribution in [-0.2, 0) is 138 Å². The topological polar surface area (TPSA) is 508 Å². The average molecular weight is 1850 g/mol. The van der Waals surface area contributed by atoms with Crippen LogP contribution in [0.4, 0.5) is 0 Å². The summed E-state index contributed by atoms with van der Waals surface area (Å²) in [4.78, 5) is 235. The first kappa shape index (κ1) is 121. The molecule has 4 heterocycles. The molecule has 2 unspecified atom stereocenters. The van der Waals surface area contributed by atoms with Gasteiger partial charge in [0.25, 0.3) is 0 Å². The van der Waals surface area contributed by atoms with E-state index in [4.69, 9.17) is 66.3 Å². The third-order valence-electron chi connectivity index (χ3n) is 17.7. The van der Waals surface area contributed by atoms with Crippen LogP contribution in [0.2, 0.25) is 0 Å². The second kappa shape index (κ2) is 68.7. The molecule has 0 radical (unpaired) electrons. The fourth-order valence-electron chi connectivity index (χ4n) is 9.95. The molecule has 0 saturated heterocycles. The molecular formula is C93H133N5O33. The minimum absolute atomic E-state index is 0.00446. The van der Waals surface area contributed by atoms with Gasteiger partial charge in [0, 0.05) is 197 Å². The van der Waals surface area contributed by atoms with Gasteiger partial charge in [-0.3, -0.25) is 87.1 Å². The van der Waals surface area contributed by atoms with Crippen molar-refractivity contribution in [1.82, 2.24) is 24.8 Å². The highest BCUT2D eigenvalue weighted by atomic mass is 16.6. The van der Waals surface area contributed by atoms with Gasteiger partial charge < -0.3 is 71.2 Å². The average Bonchev–Trinajstić information content (AvgIpc) is 0.842. The molecule has 0 saturated carbocycles. The number of aromatic nitrogens is 4. The summed E-state index contributed by atoms with van der Waals surface area (Å²) in [7, 11) is 1.53. The summed E-state index contributed by atoms with van der Waals surface area (Å²) in [6, 6.07) is 12.2. The molecule has 1 amide bonds. The molecule has 4 rings (SSSR count). The van der Waals surface area contributed by atoms with Crippen LogP contribution in [0.3, 0.4) is 0 Å². The Balaban J connectivity index is 0. The van der Waals surface area contributed by atoms with Crippen LogP contribution in [0, 0.1) is 64.6 Å². The van der Waals surface area contributed by atoms with Gasteiger partial charge in [0.2, 0.25) is 5.91 Å². The van der Waals surface area contributed by atoms with Gasteiger partial charge in [-0.25, -0.2) is 24.0 Å². The van der Waals surface area contributed by atoms with E-state index in [-0.39, 0.29) is 213 Å². The number of nitrogens with zero attached hydrogens (tertiary/aromatic N) is 5. The van der Waals surface area contributed by atoms with E-state index in [2.05, 4.69) is 19.9 Å². The van der Waals surface area contributed by atoms with E-state index in [9.17, 15) is 91.1 Å². The lowest BCUT2D eigenvalue weighted by Crippen LogP contribution is -2.48. The number of esters is 12. The van der Waals surface area contributed by atoms with Crippen molar-refractivity contribution in [3.63, 3.8) is 0 Å². The van der Waals surface area contributed by atoms with Crippen molar-refractivity contribution in [2.24, 2.45) is 64.6 Å². The molecule has 0 fully saturated rings. The van der Waals surface area contributed by atoms with Gasteiger partial charge in [0.1, 0.15) is 68.0 Å². The van der Waals surface area contributed by atoms with Crippen molar-refractivity contribution in [1.29, 1.82) is 0 Å². The van der Waals surface area contributed by atoms with Crippen molar-refractivity contribution in [2.45, 2.75) is 177 Å². The summed E-state index contributed by atoms with van der Waals surface area (Å²) in [6.07, 6.45) is 12.6. The molecule has 0 aromatic carbocycles. The van der Waals surface area contributed by atoms with E-state index < -0.39 is 94.9 Å². The number of carbonyl (C=O) groups excluding carboxylic acids is 19. The van der Waals surface area contributed by atoms with Crippen molar-refractivity contribution in [2.75, 3.05) is 113 Å². The second-order valence-corrected chi connectivity index (χ2v) is 31.9. The largest absolute Gasteiger partial charge is 0.465 e. The van der Waals surface area contributed by atoms with Gasteiger partial charge in [-0.15, -0.1) is 0 Å². The second-order valence-electron chi connectivity index (χ2n) is 31.9. The smallest absolute Gasteiger partial charge is 0.339 e. The van der Waals surface area contributed by atoms with Gasteiger partial charge in [-0.05, 0) is 55.5 Å². The molecule has 38 nitrogen and oxygen atoms in total. The molecule has 38 heteroatoms. The molecule has 0 aliphatic carbocycles. The van der Waals surface area contributed by atoms with Crippen LogP contribution < -0.4 is 0 Å². The van der Waals surface area contributed by atoms with Crippen LogP contribution in [0.5, 0.6) is 0 Å². The number of rotatable bonds is 51. The van der Waals surface area contributed by atoms with E-state index in [0.29, 0.717) is 28.9 Å². The summed E-state index contributed by atoms with van der Waals surface area (Å²) in [6.45, 7) is 33.2. The third kappa shape index (κ3) is 60.2. The maximum atomic E-state index is 12.1. The highest BCUT2D eigenvalue weighted by Crippen LogP contribution is 2.25. The number of pyridine rings is 4. The Labute approximate surface area is 766 Å². The molecule has 0 spiro atoms. The quantitative estimate of drug-likeness (QED) is 0.0225. The van der Waals surface area contributed by atoms with Crippen LogP contribution in [0.25, 0.3) is 0 Å². The molecule has 4 aromatic rings. The van der Waals surface area contributed by atoms with E-state index in [1.54, 1.807) is 163 Å². The molecule has 0 bridgehead atoms. The fraction of sp³-hybridized carbons (Fsp3) is 0.581. The monoisotopic (exact) mass is 1850 g/mol. The van der Waals surface area contributed by atoms with Gasteiger partial charge in [0.05, 0.1) is 100 Å². The lowest BCUT2D eigenvalue weighted by molar-refractivity contribution is -0.157. The van der Waals surface area contributed by atoms with Crippen molar-refractivity contribution in [3.05, 3.63) is 120 Å². The maximum absolute atomic E-state index is 12.1.